The number of methoxy groups -OCH3 is 1. The molecular weight excluding hydrogens is 331 g/mol. The molecule has 0 fully saturated rings. The van der Waals surface area contributed by atoms with E-state index in [9.17, 15) is 22.0 Å². The first-order chi connectivity index (χ1) is 10.9. The number of hydrogen-bond donors (Lipinski definition) is 0. The summed E-state index contributed by atoms with van der Waals surface area (Å²) in [6.07, 6.45) is 0.362. The van der Waals surface area contributed by atoms with Gasteiger partial charge in [-0.05, 0) is 47.0 Å². The molecule has 0 N–H and O–H groups in total. The number of halogens is 5. The normalized spacial score (nSPS) is 12.8. The van der Waals surface area contributed by atoms with Crippen molar-refractivity contribution in [2.45, 2.75) is 58.2 Å². The highest BCUT2D eigenvalue weighted by molar-refractivity contribution is 5.24. The highest BCUT2D eigenvalue weighted by Gasteiger charge is 2.28. The molecule has 24 heavy (non-hydrogen) atoms. The Hall–Kier alpha value is -1.21. The van der Waals surface area contributed by atoms with Crippen molar-refractivity contribution in [3.05, 3.63) is 34.6 Å². The number of benzene rings is 1. The first-order valence-electron chi connectivity index (χ1n) is 7.61. The topological polar surface area (TPSA) is 18.5 Å². The Labute approximate surface area is 139 Å². The van der Waals surface area contributed by atoms with Gasteiger partial charge in [-0.1, -0.05) is 0 Å². The van der Waals surface area contributed by atoms with Gasteiger partial charge in [0.05, 0.1) is 17.8 Å². The monoisotopic (exact) mass is 354 g/mol. The molecule has 0 saturated heterocycles. The molecule has 0 aliphatic heterocycles. The highest BCUT2D eigenvalue weighted by Crippen LogP contribution is 2.27. The minimum absolute atomic E-state index is 0.0960. The van der Waals surface area contributed by atoms with Gasteiger partial charge >= 0.3 is 0 Å². The van der Waals surface area contributed by atoms with Gasteiger partial charge in [0, 0.05) is 12.7 Å². The summed E-state index contributed by atoms with van der Waals surface area (Å²) in [7, 11) is 1.58. The average molecular weight is 354 g/mol. The van der Waals surface area contributed by atoms with Gasteiger partial charge < -0.3 is 9.47 Å². The lowest BCUT2D eigenvalue weighted by Crippen LogP contribution is -2.30. The first kappa shape index (κ1) is 20.8. The Morgan fingerprint density at radius 1 is 0.708 bits per heavy atom. The minimum atomic E-state index is -2.15. The van der Waals surface area contributed by atoms with Crippen LogP contribution in [0.4, 0.5) is 22.0 Å². The van der Waals surface area contributed by atoms with Crippen molar-refractivity contribution in [1.82, 2.24) is 0 Å². The van der Waals surface area contributed by atoms with Crippen molar-refractivity contribution >= 4 is 0 Å². The second kappa shape index (κ2) is 7.78. The van der Waals surface area contributed by atoms with E-state index in [2.05, 4.69) is 0 Å². The average Bonchev–Trinajstić information content (AvgIpc) is 2.50. The lowest BCUT2D eigenvalue weighted by molar-refractivity contribution is -0.0610. The molecule has 1 aromatic carbocycles. The Morgan fingerprint density at radius 3 is 1.62 bits per heavy atom. The van der Waals surface area contributed by atoms with Crippen LogP contribution in [0.3, 0.4) is 0 Å². The fourth-order valence-corrected chi connectivity index (χ4v) is 2.04. The van der Waals surface area contributed by atoms with Gasteiger partial charge in [-0.15, -0.1) is 0 Å². The molecule has 0 heterocycles. The van der Waals surface area contributed by atoms with Gasteiger partial charge in [0.25, 0.3) is 0 Å². The van der Waals surface area contributed by atoms with E-state index in [1.165, 1.54) is 0 Å². The maximum absolute atomic E-state index is 13.7. The zero-order valence-electron chi connectivity index (χ0n) is 14.5. The molecule has 138 valence electrons. The summed E-state index contributed by atoms with van der Waals surface area (Å²) in [6, 6.07) is 0. The second-order valence-electron chi connectivity index (χ2n) is 6.87. The van der Waals surface area contributed by atoms with Crippen LogP contribution >= 0.6 is 0 Å². The molecule has 0 unspecified atom stereocenters. The van der Waals surface area contributed by atoms with Crippen LogP contribution in [0.2, 0.25) is 0 Å². The first-order valence-corrected chi connectivity index (χ1v) is 7.61. The molecule has 0 radical (unpaired) electrons. The molecule has 1 aromatic rings. The maximum Gasteiger partial charge on any atom is 0.200 e. The van der Waals surface area contributed by atoms with E-state index in [1.807, 2.05) is 13.8 Å². The standard InChI is InChI=1S/C17H23F5O2/c1-16(2,23-5)8-9-24-17(3,4)7-6-10-11(18)13(20)15(22)14(21)12(10)19/h6-9H2,1-5H3. The second-order valence-corrected chi connectivity index (χ2v) is 6.87. The van der Waals surface area contributed by atoms with Gasteiger partial charge in [-0.2, -0.15) is 0 Å². The molecule has 7 heteroatoms. The van der Waals surface area contributed by atoms with Crippen LogP contribution in [-0.4, -0.2) is 24.9 Å². The Bertz CT molecular complexity index is 556. The van der Waals surface area contributed by atoms with E-state index in [0.717, 1.165) is 0 Å². The zero-order chi connectivity index (χ0) is 18.7. The fourth-order valence-electron chi connectivity index (χ4n) is 2.04. The molecular formula is C17H23F5O2. The van der Waals surface area contributed by atoms with Crippen LogP contribution in [0.15, 0.2) is 0 Å². The van der Waals surface area contributed by atoms with Crippen LogP contribution < -0.4 is 0 Å². The van der Waals surface area contributed by atoms with Gasteiger partial charge in [-0.3, -0.25) is 0 Å². The third kappa shape index (κ3) is 5.14. The van der Waals surface area contributed by atoms with Crippen molar-refractivity contribution in [2.75, 3.05) is 13.7 Å². The number of ether oxygens (including phenoxy) is 2. The lowest BCUT2D eigenvalue weighted by Gasteiger charge is -2.29. The molecule has 0 bridgehead atoms. The van der Waals surface area contributed by atoms with E-state index in [4.69, 9.17) is 9.47 Å². The molecule has 1 rings (SSSR count). The van der Waals surface area contributed by atoms with Crippen molar-refractivity contribution in [2.24, 2.45) is 0 Å². The van der Waals surface area contributed by atoms with E-state index in [1.54, 1.807) is 21.0 Å². The Balaban J connectivity index is 2.75. The van der Waals surface area contributed by atoms with Gasteiger partial charge in [-0.25, -0.2) is 22.0 Å². The molecule has 0 amide bonds. The van der Waals surface area contributed by atoms with Crippen molar-refractivity contribution in [3.8, 4) is 0 Å². The predicted octanol–water partition coefficient (Wildman–Crippen LogP) is 4.93. The maximum atomic E-state index is 13.7. The molecule has 0 aliphatic rings. The molecule has 2 nitrogen and oxygen atoms in total. The van der Waals surface area contributed by atoms with Crippen molar-refractivity contribution in [3.63, 3.8) is 0 Å². The third-order valence-corrected chi connectivity index (χ3v) is 4.03. The summed E-state index contributed by atoms with van der Waals surface area (Å²) in [5.41, 5.74) is -1.98. The quantitative estimate of drug-likeness (QED) is 0.375. The van der Waals surface area contributed by atoms with Crippen molar-refractivity contribution < 1.29 is 31.4 Å². The van der Waals surface area contributed by atoms with Crippen LogP contribution in [-0.2, 0) is 15.9 Å². The largest absolute Gasteiger partial charge is 0.379 e. The molecule has 0 aliphatic carbocycles. The van der Waals surface area contributed by atoms with Crippen LogP contribution in [0, 0.1) is 29.1 Å². The number of hydrogen-bond acceptors (Lipinski definition) is 2. The smallest absolute Gasteiger partial charge is 0.200 e. The van der Waals surface area contributed by atoms with Crippen molar-refractivity contribution in [1.29, 1.82) is 0 Å². The van der Waals surface area contributed by atoms with E-state index >= 15 is 0 Å². The molecule has 0 spiro atoms. The van der Waals surface area contributed by atoms with Gasteiger partial charge in [0.15, 0.2) is 23.3 Å². The van der Waals surface area contributed by atoms with Crippen LogP contribution in [0.5, 0.6) is 0 Å². The van der Waals surface area contributed by atoms with Crippen LogP contribution in [0.25, 0.3) is 0 Å². The summed E-state index contributed by atoms with van der Waals surface area (Å²) in [5.74, 6) is -9.58. The minimum Gasteiger partial charge on any atom is -0.379 e. The lowest BCUT2D eigenvalue weighted by atomic mass is 9.97. The Kier molecular flexibility index (Phi) is 6.75. The predicted molar refractivity (Wildman–Crippen MR) is 80.3 cm³/mol. The molecule has 0 saturated carbocycles. The SMILES string of the molecule is COC(C)(C)CCOC(C)(C)CCc1c(F)c(F)c(F)c(F)c1F. The summed E-state index contributed by atoms with van der Waals surface area (Å²) in [5, 5.41) is 0. The summed E-state index contributed by atoms with van der Waals surface area (Å²) < 4.78 is 77.6. The molecule has 0 atom stereocenters. The summed E-state index contributed by atoms with van der Waals surface area (Å²) in [4.78, 5) is 0. The van der Waals surface area contributed by atoms with E-state index in [-0.39, 0.29) is 18.4 Å². The highest BCUT2D eigenvalue weighted by atomic mass is 19.2. The zero-order valence-corrected chi connectivity index (χ0v) is 14.5. The molecule has 0 aromatic heterocycles. The summed E-state index contributed by atoms with van der Waals surface area (Å²) in [6.45, 7) is 7.50. The van der Waals surface area contributed by atoms with E-state index in [0.29, 0.717) is 13.0 Å². The fraction of sp³-hybridized carbons (Fsp3) is 0.647. The third-order valence-electron chi connectivity index (χ3n) is 4.03. The number of rotatable bonds is 8. The van der Waals surface area contributed by atoms with E-state index < -0.39 is 40.3 Å². The summed E-state index contributed by atoms with van der Waals surface area (Å²) >= 11 is 0. The Morgan fingerprint density at radius 2 is 1.17 bits per heavy atom. The van der Waals surface area contributed by atoms with Gasteiger partial charge in [0.2, 0.25) is 5.82 Å². The van der Waals surface area contributed by atoms with Gasteiger partial charge in [0.1, 0.15) is 0 Å². The van der Waals surface area contributed by atoms with Crippen LogP contribution in [0.1, 0.15) is 46.1 Å².